The fourth-order valence-electron chi connectivity index (χ4n) is 1.59. The van der Waals surface area contributed by atoms with Crippen molar-refractivity contribution in [2.45, 2.75) is 32.2 Å². The molecule has 3 N–H and O–H groups in total. The van der Waals surface area contributed by atoms with Crippen LogP contribution in [0.3, 0.4) is 0 Å². The van der Waals surface area contributed by atoms with E-state index in [-0.39, 0.29) is 28.7 Å². The third-order valence-corrected chi connectivity index (χ3v) is 3.63. The second-order valence-electron chi connectivity index (χ2n) is 3.89. The Morgan fingerprint density at radius 3 is 2.28 bits per heavy atom. The summed E-state index contributed by atoms with van der Waals surface area (Å²) < 4.78 is 0. The lowest BCUT2D eigenvalue weighted by atomic mass is 9.93. The van der Waals surface area contributed by atoms with E-state index >= 15 is 0 Å². The normalized spacial score (nSPS) is 11.3. The minimum absolute atomic E-state index is 0.137. The van der Waals surface area contributed by atoms with Crippen LogP contribution in [0.2, 0.25) is 10.2 Å². The summed E-state index contributed by atoms with van der Waals surface area (Å²) in [6, 6.07) is 1.36. The number of halogens is 2. The summed E-state index contributed by atoms with van der Waals surface area (Å²) in [5, 5.41) is 12.1. The van der Waals surface area contributed by atoms with E-state index in [2.05, 4.69) is 10.3 Å². The Balaban J connectivity index is 2.95. The molecule has 0 atom stereocenters. The number of carboxylic acid groups (broad SMARTS) is 1. The fourth-order valence-corrected chi connectivity index (χ4v) is 1.91. The van der Waals surface area contributed by atoms with Crippen molar-refractivity contribution >= 4 is 35.1 Å². The van der Waals surface area contributed by atoms with Crippen LogP contribution in [0.4, 0.5) is 0 Å². The van der Waals surface area contributed by atoms with E-state index in [1.165, 1.54) is 6.07 Å². The minimum atomic E-state index is -1.28. The molecule has 0 aliphatic carbocycles. The highest BCUT2D eigenvalue weighted by molar-refractivity contribution is 6.41. The second kappa shape index (κ2) is 5.63. The molecule has 7 heteroatoms. The number of hydrogen-bond donors (Lipinski definition) is 3. The van der Waals surface area contributed by atoms with Gasteiger partial charge in [-0.15, -0.1) is 0 Å². The van der Waals surface area contributed by atoms with Gasteiger partial charge in [0.25, 0.3) is 5.91 Å². The molecule has 0 radical (unpaired) electrons. The predicted molar refractivity (Wildman–Crippen MR) is 69.2 cm³/mol. The highest BCUT2D eigenvalue weighted by atomic mass is 35.5. The SMILES string of the molecule is CCC(CC)(NC(=O)c1cc(Cl)c(Cl)[nH]1)C(=O)O. The molecule has 0 spiro atoms. The van der Waals surface area contributed by atoms with E-state index in [4.69, 9.17) is 23.2 Å². The third-order valence-electron chi connectivity index (χ3n) is 2.94. The largest absolute Gasteiger partial charge is 0.480 e. The van der Waals surface area contributed by atoms with Gasteiger partial charge in [0.2, 0.25) is 0 Å². The van der Waals surface area contributed by atoms with E-state index in [0.29, 0.717) is 0 Å². The van der Waals surface area contributed by atoms with Crippen molar-refractivity contribution in [3.8, 4) is 0 Å². The quantitative estimate of drug-likeness (QED) is 0.780. The van der Waals surface area contributed by atoms with E-state index in [0.717, 1.165) is 0 Å². The van der Waals surface area contributed by atoms with Gasteiger partial charge < -0.3 is 15.4 Å². The van der Waals surface area contributed by atoms with Crippen molar-refractivity contribution in [1.29, 1.82) is 0 Å². The Bertz CT molecular complexity index is 447. The molecule has 1 amide bonds. The van der Waals surface area contributed by atoms with Gasteiger partial charge in [0, 0.05) is 0 Å². The minimum Gasteiger partial charge on any atom is -0.480 e. The van der Waals surface area contributed by atoms with Gasteiger partial charge in [-0.1, -0.05) is 37.0 Å². The van der Waals surface area contributed by atoms with Crippen molar-refractivity contribution in [1.82, 2.24) is 10.3 Å². The Morgan fingerprint density at radius 2 is 1.94 bits per heavy atom. The molecule has 1 rings (SSSR count). The number of hydrogen-bond acceptors (Lipinski definition) is 2. The zero-order valence-electron chi connectivity index (χ0n) is 10.0. The molecule has 0 saturated heterocycles. The Hall–Kier alpha value is -1.20. The maximum absolute atomic E-state index is 11.9. The molecular weight excluding hydrogens is 279 g/mol. The van der Waals surface area contributed by atoms with Crippen LogP contribution in [0.1, 0.15) is 37.2 Å². The van der Waals surface area contributed by atoms with Crippen molar-refractivity contribution in [3.63, 3.8) is 0 Å². The van der Waals surface area contributed by atoms with E-state index in [1.807, 2.05) is 0 Å². The first-order valence-electron chi connectivity index (χ1n) is 5.46. The number of H-pyrrole nitrogens is 1. The summed E-state index contributed by atoms with van der Waals surface area (Å²) in [6.45, 7) is 3.40. The smallest absolute Gasteiger partial charge is 0.329 e. The molecule has 0 aliphatic rings. The maximum atomic E-state index is 11.9. The van der Waals surface area contributed by atoms with Gasteiger partial charge in [-0.3, -0.25) is 4.79 Å². The van der Waals surface area contributed by atoms with Gasteiger partial charge >= 0.3 is 5.97 Å². The number of carbonyl (C=O) groups excluding carboxylic acids is 1. The van der Waals surface area contributed by atoms with Crippen molar-refractivity contribution in [2.75, 3.05) is 0 Å². The average Bonchev–Trinajstić information content (AvgIpc) is 2.66. The Labute approximate surface area is 114 Å². The first-order valence-corrected chi connectivity index (χ1v) is 6.21. The molecule has 0 aliphatic heterocycles. The van der Waals surface area contributed by atoms with Gasteiger partial charge in [0.15, 0.2) is 0 Å². The van der Waals surface area contributed by atoms with Gasteiger partial charge in [0.05, 0.1) is 5.02 Å². The Morgan fingerprint density at radius 1 is 1.39 bits per heavy atom. The lowest BCUT2D eigenvalue weighted by Crippen LogP contribution is -2.53. The molecule has 0 unspecified atom stereocenters. The van der Waals surface area contributed by atoms with E-state index in [9.17, 15) is 14.7 Å². The van der Waals surface area contributed by atoms with Gasteiger partial charge in [-0.2, -0.15) is 0 Å². The summed E-state index contributed by atoms with van der Waals surface area (Å²) in [6.07, 6.45) is 0.569. The molecule has 100 valence electrons. The first-order chi connectivity index (χ1) is 8.36. The fraction of sp³-hybridized carbons (Fsp3) is 0.455. The van der Waals surface area contributed by atoms with Crippen LogP contribution in [-0.2, 0) is 4.79 Å². The number of aromatic amines is 1. The van der Waals surface area contributed by atoms with E-state index in [1.54, 1.807) is 13.8 Å². The number of amides is 1. The monoisotopic (exact) mass is 292 g/mol. The molecule has 5 nitrogen and oxygen atoms in total. The molecule has 18 heavy (non-hydrogen) atoms. The van der Waals surface area contributed by atoms with Crippen molar-refractivity contribution in [3.05, 3.63) is 21.9 Å². The van der Waals surface area contributed by atoms with Crippen LogP contribution in [0, 0.1) is 0 Å². The van der Waals surface area contributed by atoms with Gasteiger partial charge in [0.1, 0.15) is 16.4 Å². The summed E-state index contributed by atoms with van der Waals surface area (Å²) in [4.78, 5) is 25.8. The van der Waals surface area contributed by atoms with Crippen molar-refractivity contribution < 1.29 is 14.7 Å². The predicted octanol–water partition coefficient (Wildman–Crippen LogP) is 2.69. The van der Waals surface area contributed by atoms with Crippen LogP contribution in [0.25, 0.3) is 0 Å². The summed E-state index contributed by atoms with van der Waals surface area (Å²) in [5.41, 5.74) is -1.14. The number of carboxylic acids is 1. The molecule has 1 aromatic heterocycles. The third kappa shape index (κ3) is 2.79. The molecule has 0 aromatic carbocycles. The summed E-state index contributed by atoms with van der Waals surface area (Å²) in [5.74, 6) is -1.61. The van der Waals surface area contributed by atoms with E-state index < -0.39 is 17.4 Å². The summed E-state index contributed by atoms with van der Waals surface area (Å²) in [7, 11) is 0. The molecule has 1 heterocycles. The lowest BCUT2D eigenvalue weighted by Gasteiger charge is -2.27. The van der Waals surface area contributed by atoms with Crippen LogP contribution in [-0.4, -0.2) is 27.5 Å². The number of aromatic nitrogens is 1. The zero-order valence-corrected chi connectivity index (χ0v) is 11.5. The average molecular weight is 293 g/mol. The maximum Gasteiger partial charge on any atom is 0.329 e. The standard InChI is InChI=1S/C11H14Cl2N2O3/c1-3-11(4-2,10(17)18)15-9(16)7-5-6(12)8(13)14-7/h5,14H,3-4H2,1-2H3,(H,15,16)(H,17,18). The highest BCUT2D eigenvalue weighted by Gasteiger charge is 2.36. The number of carbonyl (C=O) groups is 2. The van der Waals surface area contributed by atoms with Crippen LogP contribution in [0.15, 0.2) is 6.07 Å². The molecule has 0 fully saturated rings. The highest BCUT2D eigenvalue weighted by Crippen LogP contribution is 2.23. The molecule has 1 aromatic rings. The zero-order chi connectivity index (χ0) is 13.9. The van der Waals surface area contributed by atoms with Crippen LogP contribution >= 0.6 is 23.2 Å². The lowest BCUT2D eigenvalue weighted by molar-refractivity contribution is -0.144. The topological polar surface area (TPSA) is 82.2 Å². The summed E-state index contributed by atoms with van der Waals surface area (Å²) >= 11 is 11.4. The number of aliphatic carboxylic acids is 1. The van der Waals surface area contributed by atoms with Gasteiger partial charge in [-0.25, -0.2) is 4.79 Å². The number of nitrogens with one attached hydrogen (secondary N) is 2. The van der Waals surface area contributed by atoms with Crippen LogP contribution in [0.5, 0.6) is 0 Å². The first kappa shape index (κ1) is 14.9. The Kier molecular flexibility index (Phi) is 4.65. The number of rotatable bonds is 5. The van der Waals surface area contributed by atoms with Crippen LogP contribution < -0.4 is 5.32 Å². The molecular formula is C11H14Cl2N2O3. The molecule has 0 saturated carbocycles. The van der Waals surface area contributed by atoms with Crippen molar-refractivity contribution in [2.24, 2.45) is 0 Å². The second-order valence-corrected chi connectivity index (χ2v) is 4.68. The van der Waals surface area contributed by atoms with Gasteiger partial charge in [-0.05, 0) is 18.9 Å². The molecule has 0 bridgehead atoms.